The molecule has 2 aromatic rings. The fraction of sp³-hybridized carbons (Fsp3) is 0.294. The molecule has 0 aliphatic heterocycles. The molecular formula is C17H19Cl2NO. The zero-order valence-corrected chi connectivity index (χ0v) is 14.1. The number of benzene rings is 2. The molecule has 0 radical (unpaired) electrons. The summed E-state index contributed by atoms with van der Waals surface area (Å²) in [5.74, 6) is 0.772. The average molecular weight is 324 g/mol. The Labute approximate surface area is 136 Å². The summed E-state index contributed by atoms with van der Waals surface area (Å²) < 4.78 is 5.47. The second-order valence-corrected chi connectivity index (χ2v) is 5.91. The third-order valence-corrected chi connectivity index (χ3v) is 4.30. The summed E-state index contributed by atoms with van der Waals surface area (Å²) in [7, 11) is 3.59. The number of nitrogens with one attached hydrogen (secondary N) is 1. The minimum atomic E-state index is 0.0215. The lowest BCUT2D eigenvalue weighted by Crippen LogP contribution is -2.19. The van der Waals surface area contributed by atoms with Crippen LogP contribution in [0.25, 0.3) is 0 Å². The number of methoxy groups -OCH3 is 1. The summed E-state index contributed by atoms with van der Waals surface area (Å²) in [5, 5.41) is 4.80. The summed E-state index contributed by atoms with van der Waals surface area (Å²) in [6.45, 7) is 4.07. The summed E-state index contributed by atoms with van der Waals surface area (Å²) in [4.78, 5) is 0. The Morgan fingerprint density at radius 3 is 2.33 bits per heavy atom. The zero-order valence-electron chi connectivity index (χ0n) is 12.6. The highest BCUT2D eigenvalue weighted by atomic mass is 35.5. The molecule has 0 saturated carbocycles. The van der Waals surface area contributed by atoms with E-state index in [1.807, 2.05) is 38.2 Å². The molecule has 0 fully saturated rings. The molecule has 0 saturated heterocycles. The maximum atomic E-state index is 6.20. The largest absolute Gasteiger partial charge is 0.496 e. The van der Waals surface area contributed by atoms with Crippen LogP contribution in [-0.4, -0.2) is 14.2 Å². The van der Waals surface area contributed by atoms with Gasteiger partial charge in [0.15, 0.2) is 0 Å². The molecule has 112 valence electrons. The van der Waals surface area contributed by atoms with E-state index in [4.69, 9.17) is 27.9 Å². The molecule has 0 aliphatic carbocycles. The predicted octanol–water partition coefficient (Wildman–Crippen LogP) is 4.93. The van der Waals surface area contributed by atoms with E-state index in [1.165, 1.54) is 5.56 Å². The van der Waals surface area contributed by atoms with Crippen LogP contribution in [0.1, 0.15) is 28.3 Å². The van der Waals surface area contributed by atoms with Gasteiger partial charge in [0.2, 0.25) is 0 Å². The summed E-state index contributed by atoms with van der Waals surface area (Å²) >= 11 is 12.2. The van der Waals surface area contributed by atoms with E-state index in [-0.39, 0.29) is 6.04 Å². The standard InChI is InChI=1S/C17H19Cl2NO/c1-10-8-15(19)11(2)7-14(10)17(20-3)13-6-5-12(18)9-16(13)21-4/h5-9,17,20H,1-4H3. The predicted molar refractivity (Wildman–Crippen MR) is 89.8 cm³/mol. The van der Waals surface area contributed by atoms with Crippen molar-refractivity contribution in [3.05, 3.63) is 62.6 Å². The normalized spacial score (nSPS) is 12.3. The van der Waals surface area contributed by atoms with Gasteiger partial charge in [0.1, 0.15) is 5.75 Å². The fourth-order valence-electron chi connectivity index (χ4n) is 2.52. The smallest absolute Gasteiger partial charge is 0.125 e. The summed E-state index contributed by atoms with van der Waals surface area (Å²) in [5.41, 5.74) is 4.43. The van der Waals surface area contributed by atoms with E-state index in [1.54, 1.807) is 7.11 Å². The number of ether oxygens (including phenoxy) is 1. The molecule has 1 atom stereocenters. The van der Waals surface area contributed by atoms with Gasteiger partial charge in [-0.3, -0.25) is 0 Å². The lowest BCUT2D eigenvalue weighted by molar-refractivity contribution is 0.405. The van der Waals surface area contributed by atoms with Gasteiger partial charge < -0.3 is 10.1 Å². The first-order chi connectivity index (χ1) is 9.97. The van der Waals surface area contributed by atoms with Crippen LogP contribution in [0, 0.1) is 13.8 Å². The van der Waals surface area contributed by atoms with Crippen LogP contribution in [0.4, 0.5) is 0 Å². The summed E-state index contributed by atoms with van der Waals surface area (Å²) in [6.07, 6.45) is 0. The van der Waals surface area contributed by atoms with E-state index in [0.717, 1.165) is 27.5 Å². The quantitative estimate of drug-likeness (QED) is 0.861. The minimum absolute atomic E-state index is 0.0215. The van der Waals surface area contributed by atoms with E-state index in [0.29, 0.717) is 5.02 Å². The lowest BCUT2D eigenvalue weighted by Gasteiger charge is -2.22. The fourth-order valence-corrected chi connectivity index (χ4v) is 2.90. The van der Waals surface area contributed by atoms with Gasteiger partial charge in [0.05, 0.1) is 13.2 Å². The van der Waals surface area contributed by atoms with Crippen molar-refractivity contribution in [1.82, 2.24) is 5.32 Å². The van der Waals surface area contributed by atoms with Crippen LogP contribution in [0.15, 0.2) is 30.3 Å². The topological polar surface area (TPSA) is 21.3 Å². The van der Waals surface area contributed by atoms with Crippen LogP contribution < -0.4 is 10.1 Å². The highest BCUT2D eigenvalue weighted by Crippen LogP contribution is 2.34. The molecule has 0 aliphatic rings. The molecule has 4 heteroatoms. The van der Waals surface area contributed by atoms with Gasteiger partial charge in [-0.2, -0.15) is 0 Å². The van der Waals surface area contributed by atoms with Gasteiger partial charge in [0.25, 0.3) is 0 Å². The monoisotopic (exact) mass is 323 g/mol. The molecule has 2 rings (SSSR count). The van der Waals surface area contributed by atoms with Crippen LogP contribution >= 0.6 is 23.2 Å². The number of rotatable bonds is 4. The molecule has 0 bridgehead atoms. The molecule has 0 heterocycles. The number of aryl methyl sites for hydroxylation is 2. The van der Waals surface area contributed by atoms with Crippen molar-refractivity contribution >= 4 is 23.2 Å². The zero-order chi connectivity index (χ0) is 15.6. The average Bonchev–Trinajstić information content (AvgIpc) is 2.46. The molecule has 0 amide bonds. The van der Waals surface area contributed by atoms with E-state index in [9.17, 15) is 0 Å². The SMILES string of the molecule is CNC(c1cc(C)c(Cl)cc1C)c1ccc(Cl)cc1OC. The minimum Gasteiger partial charge on any atom is -0.496 e. The Kier molecular flexibility index (Phi) is 5.15. The van der Waals surface area contributed by atoms with Gasteiger partial charge in [-0.25, -0.2) is 0 Å². The van der Waals surface area contributed by atoms with Crippen molar-refractivity contribution < 1.29 is 4.74 Å². The first-order valence-electron chi connectivity index (χ1n) is 6.75. The molecule has 1 N–H and O–H groups in total. The van der Waals surface area contributed by atoms with Gasteiger partial charge >= 0.3 is 0 Å². The van der Waals surface area contributed by atoms with Crippen molar-refractivity contribution in [3.63, 3.8) is 0 Å². The van der Waals surface area contributed by atoms with Crippen LogP contribution in [0.5, 0.6) is 5.75 Å². The highest BCUT2D eigenvalue weighted by molar-refractivity contribution is 6.31. The second kappa shape index (κ2) is 6.69. The van der Waals surface area contributed by atoms with E-state index >= 15 is 0 Å². The maximum Gasteiger partial charge on any atom is 0.125 e. The number of halogens is 2. The van der Waals surface area contributed by atoms with E-state index in [2.05, 4.69) is 18.3 Å². The first-order valence-corrected chi connectivity index (χ1v) is 7.51. The third-order valence-electron chi connectivity index (χ3n) is 3.65. The van der Waals surface area contributed by atoms with Crippen molar-refractivity contribution in [1.29, 1.82) is 0 Å². The van der Waals surface area contributed by atoms with E-state index < -0.39 is 0 Å². The molecule has 2 nitrogen and oxygen atoms in total. The molecule has 0 aromatic heterocycles. The Bertz CT molecular complexity index is 655. The maximum absolute atomic E-state index is 6.20. The first kappa shape index (κ1) is 16.2. The molecule has 0 spiro atoms. The molecule has 2 aromatic carbocycles. The van der Waals surface area contributed by atoms with Crippen molar-refractivity contribution in [2.75, 3.05) is 14.2 Å². The van der Waals surface area contributed by atoms with Gasteiger partial charge in [-0.15, -0.1) is 0 Å². The van der Waals surface area contributed by atoms with Gasteiger partial charge in [0, 0.05) is 15.6 Å². The van der Waals surface area contributed by atoms with Crippen LogP contribution in [-0.2, 0) is 0 Å². The van der Waals surface area contributed by atoms with Crippen molar-refractivity contribution in [2.45, 2.75) is 19.9 Å². The Balaban J connectivity index is 2.57. The van der Waals surface area contributed by atoms with Crippen molar-refractivity contribution in [3.8, 4) is 5.75 Å². The van der Waals surface area contributed by atoms with Crippen LogP contribution in [0.2, 0.25) is 10.0 Å². The Morgan fingerprint density at radius 2 is 1.71 bits per heavy atom. The summed E-state index contributed by atoms with van der Waals surface area (Å²) in [6, 6.07) is 9.84. The highest BCUT2D eigenvalue weighted by Gasteiger charge is 2.19. The number of hydrogen-bond donors (Lipinski definition) is 1. The third kappa shape index (κ3) is 3.34. The van der Waals surface area contributed by atoms with Crippen LogP contribution in [0.3, 0.4) is 0 Å². The number of hydrogen-bond acceptors (Lipinski definition) is 2. The molecule has 1 unspecified atom stereocenters. The Hall–Kier alpha value is -1.22. The Morgan fingerprint density at radius 1 is 1.00 bits per heavy atom. The second-order valence-electron chi connectivity index (χ2n) is 5.07. The molecule has 21 heavy (non-hydrogen) atoms. The van der Waals surface area contributed by atoms with Crippen molar-refractivity contribution in [2.24, 2.45) is 0 Å². The molecular weight excluding hydrogens is 305 g/mol. The van der Waals surface area contributed by atoms with Gasteiger partial charge in [-0.1, -0.05) is 35.3 Å². The van der Waals surface area contributed by atoms with Gasteiger partial charge in [-0.05, 0) is 55.8 Å². The lowest BCUT2D eigenvalue weighted by atomic mass is 9.93.